The quantitative estimate of drug-likeness (QED) is 0.777. The number of aromatic nitrogens is 3. The maximum atomic E-state index is 12.3. The van der Waals surface area contributed by atoms with E-state index in [2.05, 4.69) is 32.6 Å². The molecule has 2 N–H and O–H groups in total. The third-order valence-electron chi connectivity index (χ3n) is 4.18. The first kappa shape index (κ1) is 13.7. The molecule has 23 heavy (non-hydrogen) atoms. The Hall–Kier alpha value is -2.95. The van der Waals surface area contributed by atoms with Gasteiger partial charge >= 0.3 is 0 Å². The van der Waals surface area contributed by atoms with E-state index in [9.17, 15) is 4.79 Å². The van der Waals surface area contributed by atoms with Crippen molar-refractivity contribution >= 4 is 11.7 Å². The third-order valence-corrected chi connectivity index (χ3v) is 4.18. The molecule has 2 heterocycles. The number of hydrogen-bond donors (Lipinski definition) is 2. The van der Waals surface area contributed by atoms with Crippen molar-refractivity contribution < 1.29 is 4.79 Å². The van der Waals surface area contributed by atoms with E-state index in [1.165, 1.54) is 5.56 Å². The minimum absolute atomic E-state index is 0.0339. The van der Waals surface area contributed by atoms with Crippen molar-refractivity contribution in [1.82, 2.24) is 15.2 Å². The van der Waals surface area contributed by atoms with Gasteiger partial charge in [-0.25, -0.2) is 0 Å². The Morgan fingerprint density at radius 1 is 1.13 bits per heavy atom. The molecule has 2 aromatic heterocycles. The van der Waals surface area contributed by atoms with Crippen molar-refractivity contribution in [2.75, 3.05) is 5.32 Å². The molecule has 1 amide bonds. The molecule has 1 saturated carbocycles. The van der Waals surface area contributed by atoms with Crippen LogP contribution in [-0.4, -0.2) is 21.1 Å². The Bertz CT molecular complexity index is 813. The number of H-pyrrole nitrogens is 1. The summed E-state index contributed by atoms with van der Waals surface area (Å²) in [6.07, 6.45) is 4.35. The van der Waals surface area contributed by atoms with E-state index in [1.54, 1.807) is 12.4 Å². The third kappa shape index (κ3) is 2.85. The maximum Gasteiger partial charge on any atom is 0.229 e. The Morgan fingerprint density at radius 3 is 2.70 bits per heavy atom. The molecule has 0 aliphatic heterocycles. The highest BCUT2D eigenvalue weighted by Gasteiger charge is 2.43. The van der Waals surface area contributed by atoms with Crippen molar-refractivity contribution in [3.63, 3.8) is 0 Å². The van der Waals surface area contributed by atoms with Crippen LogP contribution < -0.4 is 5.32 Å². The molecule has 114 valence electrons. The molecular weight excluding hydrogens is 288 g/mol. The van der Waals surface area contributed by atoms with Crippen LogP contribution in [0.3, 0.4) is 0 Å². The fourth-order valence-electron chi connectivity index (χ4n) is 2.84. The summed E-state index contributed by atoms with van der Waals surface area (Å²) < 4.78 is 0. The molecule has 1 fully saturated rings. The van der Waals surface area contributed by atoms with E-state index in [0.29, 0.717) is 11.7 Å². The lowest BCUT2D eigenvalue weighted by Crippen LogP contribution is -2.14. The van der Waals surface area contributed by atoms with Gasteiger partial charge in [-0.15, -0.1) is 0 Å². The summed E-state index contributed by atoms with van der Waals surface area (Å²) in [6.45, 7) is 0. The Morgan fingerprint density at radius 2 is 1.91 bits per heavy atom. The van der Waals surface area contributed by atoms with Crippen LogP contribution in [0.5, 0.6) is 0 Å². The van der Waals surface area contributed by atoms with Gasteiger partial charge in [0.05, 0.1) is 5.69 Å². The second-order valence-electron chi connectivity index (χ2n) is 5.75. The fraction of sp³-hybridized carbons (Fsp3) is 0.167. The van der Waals surface area contributed by atoms with E-state index in [1.807, 2.05) is 36.4 Å². The van der Waals surface area contributed by atoms with Crippen molar-refractivity contribution in [3.05, 3.63) is 66.5 Å². The summed E-state index contributed by atoms with van der Waals surface area (Å²) in [4.78, 5) is 16.3. The lowest BCUT2D eigenvalue weighted by Gasteiger charge is -2.01. The van der Waals surface area contributed by atoms with Gasteiger partial charge in [-0.2, -0.15) is 5.10 Å². The first-order valence-electron chi connectivity index (χ1n) is 7.63. The van der Waals surface area contributed by atoms with E-state index >= 15 is 0 Å². The van der Waals surface area contributed by atoms with Gasteiger partial charge < -0.3 is 5.32 Å². The van der Waals surface area contributed by atoms with Crippen LogP contribution in [0.1, 0.15) is 17.9 Å². The number of aromatic amines is 1. The molecule has 5 nitrogen and oxygen atoms in total. The molecule has 0 spiro atoms. The summed E-state index contributed by atoms with van der Waals surface area (Å²) >= 11 is 0. The normalized spacial score (nSPS) is 19.3. The molecule has 0 saturated heterocycles. The summed E-state index contributed by atoms with van der Waals surface area (Å²) in [5, 5.41) is 10.00. The lowest BCUT2D eigenvalue weighted by atomic mass is 10.1. The largest absolute Gasteiger partial charge is 0.309 e. The van der Waals surface area contributed by atoms with Crippen LogP contribution in [0.25, 0.3) is 11.3 Å². The minimum atomic E-state index is 0.0339. The number of rotatable bonds is 4. The van der Waals surface area contributed by atoms with Gasteiger partial charge in [-0.1, -0.05) is 30.3 Å². The molecule has 2 atom stereocenters. The first-order valence-corrected chi connectivity index (χ1v) is 7.63. The molecule has 1 aliphatic carbocycles. The van der Waals surface area contributed by atoms with Crippen molar-refractivity contribution in [3.8, 4) is 11.3 Å². The van der Waals surface area contributed by atoms with Crippen LogP contribution in [0.15, 0.2) is 60.9 Å². The second-order valence-corrected chi connectivity index (χ2v) is 5.75. The summed E-state index contributed by atoms with van der Waals surface area (Å²) in [5.41, 5.74) is 3.08. The van der Waals surface area contributed by atoms with Gasteiger partial charge in [-0.3, -0.25) is 14.9 Å². The number of anilines is 1. The molecule has 1 aliphatic rings. The highest BCUT2D eigenvalue weighted by atomic mass is 16.2. The predicted octanol–water partition coefficient (Wildman–Crippen LogP) is 3.21. The highest BCUT2D eigenvalue weighted by molar-refractivity contribution is 5.94. The number of carbonyl (C=O) groups is 1. The van der Waals surface area contributed by atoms with Gasteiger partial charge in [-0.05, 0) is 30.0 Å². The maximum absolute atomic E-state index is 12.3. The molecule has 4 rings (SSSR count). The summed E-state index contributed by atoms with van der Waals surface area (Å²) in [5.74, 6) is 0.959. The smallest absolute Gasteiger partial charge is 0.229 e. The molecule has 3 aromatic rings. The van der Waals surface area contributed by atoms with Gasteiger partial charge in [0, 0.05) is 29.9 Å². The van der Waals surface area contributed by atoms with Crippen LogP contribution in [-0.2, 0) is 4.79 Å². The second kappa shape index (κ2) is 5.68. The minimum Gasteiger partial charge on any atom is -0.309 e. The highest BCUT2D eigenvalue weighted by Crippen LogP contribution is 2.47. The van der Waals surface area contributed by atoms with Crippen LogP contribution >= 0.6 is 0 Å². The fourth-order valence-corrected chi connectivity index (χ4v) is 2.84. The average Bonchev–Trinajstić information content (AvgIpc) is 3.29. The van der Waals surface area contributed by atoms with Gasteiger partial charge in [0.2, 0.25) is 5.91 Å². The average molecular weight is 304 g/mol. The summed E-state index contributed by atoms with van der Waals surface area (Å²) in [7, 11) is 0. The SMILES string of the molecule is O=C(Nc1cc(-c2ccncc2)[nH]n1)C1CC1c1ccccc1. The number of nitrogens with one attached hydrogen (secondary N) is 2. The van der Waals surface area contributed by atoms with Gasteiger partial charge in [0.1, 0.15) is 0 Å². The number of carbonyl (C=O) groups excluding carboxylic acids is 1. The Labute approximate surface area is 133 Å². The molecule has 0 radical (unpaired) electrons. The predicted molar refractivity (Wildman–Crippen MR) is 87.7 cm³/mol. The Balaban J connectivity index is 1.42. The van der Waals surface area contributed by atoms with Crippen LogP contribution in [0, 0.1) is 5.92 Å². The number of pyridine rings is 1. The zero-order valence-electron chi connectivity index (χ0n) is 12.4. The van der Waals surface area contributed by atoms with Crippen LogP contribution in [0.2, 0.25) is 0 Å². The standard InChI is InChI=1S/C18H16N4O/c23-18(15-10-14(15)12-4-2-1-3-5-12)20-17-11-16(21-22-17)13-6-8-19-9-7-13/h1-9,11,14-15H,10H2,(H2,20,21,22,23). The zero-order chi connectivity index (χ0) is 15.6. The monoisotopic (exact) mass is 304 g/mol. The van der Waals surface area contributed by atoms with Crippen molar-refractivity contribution in [1.29, 1.82) is 0 Å². The molecule has 0 bridgehead atoms. The summed E-state index contributed by atoms with van der Waals surface area (Å²) in [6, 6.07) is 15.8. The Kier molecular flexibility index (Phi) is 3.38. The number of nitrogens with zero attached hydrogens (tertiary/aromatic N) is 2. The van der Waals surface area contributed by atoms with E-state index in [-0.39, 0.29) is 11.8 Å². The first-order chi connectivity index (χ1) is 11.3. The lowest BCUT2D eigenvalue weighted by molar-refractivity contribution is -0.117. The molecular formula is C18H16N4O. The van der Waals surface area contributed by atoms with Crippen molar-refractivity contribution in [2.24, 2.45) is 5.92 Å². The van der Waals surface area contributed by atoms with E-state index in [0.717, 1.165) is 17.7 Å². The van der Waals surface area contributed by atoms with Gasteiger partial charge in [0.15, 0.2) is 5.82 Å². The van der Waals surface area contributed by atoms with Gasteiger partial charge in [0.25, 0.3) is 0 Å². The number of benzene rings is 1. The van der Waals surface area contributed by atoms with Crippen molar-refractivity contribution in [2.45, 2.75) is 12.3 Å². The molecule has 5 heteroatoms. The van der Waals surface area contributed by atoms with E-state index in [4.69, 9.17) is 0 Å². The number of amides is 1. The number of hydrogen-bond acceptors (Lipinski definition) is 3. The topological polar surface area (TPSA) is 70.7 Å². The zero-order valence-corrected chi connectivity index (χ0v) is 12.4. The van der Waals surface area contributed by atoms with Crippen LogP contribution in [0.4, 0.5) is 5.82 Å². The van der Waals surface area contributed by atoms with E-state index < -0.39 is 0 Å². The molecule has 2 unspecified atom stereocenters. The molecule has 1 aromatic carbocycles.